The van der Waals surface area contributed by atoms with Crippen LogP contribution in [0.5, 0.6) is 5.75 Å². The lowest BCUT2D eigenvalue weighted by Crippen LogP contribution is -2.60. The Labute approximate surface area is 266 Å². The molecule has 3 aliphatic rings. The average molecular weight is 616 g/mol. The molecule has 3 saturated heterocycles. The minimum Gasteiger partial charge on any atom is -0.494 e. The van der Waals surface area contributed by atoms with Crippen LogP contribution in [0, 0.1) is 11.8 Å². The van der Waals surface area contributed by atoms with Crippen molar-refractivity contribution in [3.63, 3.8) is 0 Å². The highest BCUT2D eigenvalue weighted by Gasteiger charge is 2.75. The van der Waals surface area contributed by atoms with E-state index in [1.54, 1.807) is 22.0 Å². The molecule has 9 nitrogen and oxygen atoms in total. The molecule has 2 aromatic rings. The van der Waals surface area contributed by atoms with Crippen LogP contribution in [0.1, 0.15) is 52.1 Å². The first-order valence-corrected chi connectivity index (χ1v) is 15.8. The molecule has 45 heavy (non-hydrogen) atoms. The van der Waals surface area contributed by atoms with Crippen LogP contribution >= 0.6 is 0 Å². The number of ether oxygens (including phenoxy) is 2. The van der Waals surface area contributed by atoms with Gasteiger partial charge in [0.25, 0.3) is 0 Å². The molecular formula is C36H45N3O6. The van der Waals surface area contributed by atoms with Crippen molar-refractivity contribution in [3.05, 3.63) is 85.5 Å². The Morgan fingerprint density at radius 2 is 1.76 bits per heavy atom. The van der Waals surface area contributed by atoms with Gasteiger partial charge in [-0.2, -0.15) is 0 Å². The molecule has 2 bridgehead atoms. The second kappa shape index (κ2) is 12.8. The zero-order valence-corrected chi connectivity index (χ0v) is 26.7. The molecule has 5 rings (SSSR count). The van der Waals surface area contributed by atoms with Crippen LogP contribution in [0.4, 0.5) is 5.69 Å². The van der Waals surface area contributed by atoms with E-state index in [0.29, 0.717) is 36.4 Å². The van der Waals surface area contributed by atoms with E-state index in [1.807, 2.05) is 82.3 Å². The zero-order valence-electron chi connectivity index (χ0n) is 26.7. The van der Waals surface area contributed by atoms with Gasteiger partial charge in [0.05, 0.1) is 37.2 Å². The van der Waals surface area contributed by atoms with Gasteiger partial charge >= 0.3 is 0 Å². The number of carbonyl (C=O) groups is 3. The minimum absolute atomic E-state index is 0.233. The topological polar surface area (TPSA) is 99.6 Å². The van der Waals surface area contributed by atoms with E-state index >= 15 is 0 Å². The first-order valence-electron chi connectivity index (χ1n) is 15.8. The summed E-state index contributed by atoms with van der Waals surface area (Å²) in [5.41, 5.74) is -0.452. The molecule has 1 spiro atoms. The third-order valence-corrected chi connectivity index (χ3v) is 9.37. The summed E-state index contributed by atoms with van der Waals surface area (Å²) in [4.78, 5) is 48.9. The maximum Gasteiger partial charge on any atom is 0.249 e. The Kier molecular flexibility index (Phi) is 9.23. The van der Waals surface area contributed by atoms with Crippen LogP contribution in [0.15, 0.2) is 79.9 Å². The van der Waals surface area contributed by atoms with Crippen molar-refractivity contribution in [1.29, 1.82) is 0 Å². The van der Waals surface area contributed by atoms with Crippen molar-refractivity contribution in [3.8, 4) is 5.75 Å². The highest BCUT2D eigenvalue weighted by Crippen LogP contribution is 2.60. The summed E-state index contributed by atoms with van der Waals surface area (Å²) in [6.07, 6.45) is 3.79. The highest BCUT2D eigenvalue weighted by molar-refractivity contribution is 6.03. The SMILES string of the molecule is C=CCN(C(=O)[C@@H]1[C@@H]2CCC3(O2)C(C(=O)N(CC=C)C(C)(C)C)N([C@H](CO)c2ccccc2)C(=O)[C@H]13)c1ccc(OCC)cc1. The Bertz CT molecular complexity index is 1420. The molecule has 3 fully saturated rings. The highest BCUT2D eigenvalue weighted by atomic mass is 16.5. The molecule has 0 radical (unpaired) electrons. The number of aliphatic hydroxyl groups is 1. The maximum atomic E-state index is 14.8. The van der Waals surface area contributed by atoms with E-state index in [2.05, 4.69) is 13.2 Å². The van der Waals surface area contributed by atoms with Gasteiger partial charge < -0.3 is 29.3 Å². The lowest BCUT2D eigenvalue weighted by atomic mass is 9.70. The van der Waals surface area contributed by atoms with Gasteiger partial charge in [0, 0.05) is 24.3 Å². The Hall–Kier alpha value is -3.95. The van der Waals surface area contributed by atoms with E-state index < -0.39 is 47.8 Å². The van der Waals surface area contributed by atoms with E-state index in [-0.39, 0.29) is 30.8 Å². The summed E-state index contributed by atoms with van der Waals surface area (Å²) in [5.74, 6) is -1.90. The number of aliphatic hydroxyl groups excluding tert-OH is 1. The fourth-order valence-corrected chi connectivity index (χ4v) is 7.51. The number of amides is 3. The van der Waals surface area contributed by atoms with Crippen LogP contribution in [-0.4, -0.2) is 82.2 Å². The smallest absolute Gasteiger partial charge is 0.249 e. The molecular weight excluding hydrogens is 570 g/mol. The fourth-order valence-electron chi connectivity index (χ4n) is 7.51. The Morgan fingerprint density at radius 3 is 2.33 bits per heavy atom. The lowest BCUT2D eigenvalue weighted by molar-refractivity contribution is -0.154. The third-order valence-electron chi connectivity index (χ3n) is 9.37. The van der Waals surface area contributed by atoms with Gasteiger partial charge in [-0.15, -0.1) is 13.2 Å². The largest absolute Gasteiger partial charge is 0.494 e. The van der Waals surface area contributed by atoms with Crippen LogP contribution in [0.25, 0.3) is 0 Å². The number of carbonyl (C=O) groups excluding carboxylic acids is 3. The molecule has 9 heteroatoms. The number of nitrogens with zero attached hydrogens (tertiary/aromatic N) is 3. The van der Waals surface area contributed by atoms with Gasteiger partial charge in [-0.1, -0.05) is 42.5 Å². The average Bonchev–Trinajstić information content (AvgIpc) is 3.67. The molecule has 3 heterocycles. The molecule has 0 aromatic heterocycles. The van der Waals surface area contributed by atoms with E-state index in [1.165, 1.54) is 4.90 Å². The van der Waals surface area contributed by atoms with E-state index in [4.69, 9.17) is 9.47 Å². The number of hydrogen-bond donors (Lipinski definition) is 1. The predicted molar refractivity (Wildman–Crippen MR) is 173 cm³/mol. The summed E-state index contributed by atoms with van der Waals surface area (Å²) < 4.78 is 12.3. The second-order valence-electron chi connectivity index (χ2n) is 13.0. The summed E-state index contributed by atoms with van der Waals surface area (Å²) in [5, 5.41) is 10.8. The predicted octanol–water partition coefficient (Wildman–Crippen LogP) is 4.53. The summed E-state index contributed by atoms with van der Waals surface area (Å²) in [7, 11) is 0. The molecule has 2 aromatic carbocycles. The molecule has 2 unspecified atom stereocenters. The van der Waals surface area contributed by atoms with Gasteiger partial charge in [0.1, 0.15) is 17.4 Å². The monoisotopic (exact) mass is 615 g/mol. The van der Waals surface area contributed by atoms with Crippen molar-refractivity contribution >= 4 is 23.4 Å². The normalized spacial score (nSPS) is 25.9. The number of benzene rings is 2. The number of rotatable bonds is 12. The fraction of sp³-hybridized carbons (Fsp3) is 0.472. The van der Waals surface area contributed by atoms with Gasteiger partial charge in [0.2, 0.25) is 17.7 Å². The van der Waals surface area contributed by atoms with Gasteiger partial charge in [-0.05, 0) is 70.4 Å². The summed E-state index contributed by atoms with van der Waals surface area (Å²) in [6, 6.07) is 14.6. The van der Waals surface area contributed by atoms with Gasteiger partial charge in [0.15, 0.2) is 0 Å². The Balaban J connectivity index is 1.60. The summed E-state index contributed by atoms with van der Waals surface area (Å²) >= 11 is 0. The van der Waals surface area contributed by atoms with E-state index in [0.717, 1.165) is 0 Å². The van der Waals surface area contributed by atoms with Crippen LogP contribution in [-0.2, 0) is 19.1 Å². The van der Waals surface area contributed by atoms with Crippen molar-refractivity contribution in [2.45, 2.75) is 69.9 Å². The van der Waals surface area contributed by atoms with Crippen molar-refractivity contribution in [2.75, 3.05) is 31.2 Å². The standard InChI is InChI=1S/C36H45N3O6/c1-7-21-37(25-15-17-26(18-16-25)44-9-3)32(41)29-28-19-20-36(45-28)30(29)33(42)39(27(23-40)24-13-11-10-12-14-24)31(36)34(43)38(22-8-2)35(4,5)6/h7-8,10-18,27-31,40H,1-2,9,19-23H2,3-6H3/t27-,28+,29-,30+,31?,36?/m1/s1. The van der Waals surface area contributed by atoms with Gasteiger partial charge in [-0.3, -0.25) is 14.4 Å². The first kappa shape index (κ1) is 32.4. The van der Waals surface area contributed by atoms with Crippen LogP contribution < -0.4 is 9.64 Å². The van der Waals surface area contributed by atoms with Crippen molar-refractivity contribution in [1.82, 2.24) is 9.80 Å². The lowest BCUT2D eigenvalue weighted by Gasteiger charge is -2.43. The molecule has 1 N–H and O–H groups in total. The quantitative estimate of drug-likeness (QED) is 0.353. The van der Waals surface area contributed by atoms with Crippen LogP contribution in [0.3, 0.4) is 0 Å². The van der Waals surface area contributed by atoms with E-state index in [9.17, 15) is 19.5 Å². The number of hydrogen-bond acceptors (Lipinski definition) is 6. The van der Waals surface area contributed by atoms with Crippen molar-refractivity contribution in [2.24, 2.45) is 11.8 Å². The third kappa shape index (κ3) is 5.57. The summed E-state index contributed by atoms with van der Waals surface area (Å²) in [6.45, 7) is 16.1. The van der Waals surface area contributed by atoms with Crippen molar-refractivity contribution < 1.29 is 29.0 Å². The number of fused-ring (bicyclic) bond motifs is 1. The molecule has 240 valence electrons. The zero-order chi connectivity index (χ0) is 32.5. The molecule has 6 atom stereocenters. The minimum atomic E-state index is -1.22. The number of likely N-dealkylation sites (tertiary alicyclic amines) is 1. The molecule has 0 saturated carbocycles. The van der Waals surface area contributed by atoms with Crippen LogP contribution in [0.2, 0.25) is 0 Å². The Morgan fingerprint density at radius 1 is 1.09 bits per heavy atom. The molecule has 0 aliphatic carbocycles. The second-order valence-corrected chi connectivity index (χ2v) is 13.0. The van der Waals surface area contributed by atoms with Gasteiger partial charge in [-0.25, -0.2) is 0 Å². The molecule has 3 amide bonds. The maximum absolute atomic E-state index is 14.8. The first-order chi connectivity index (χ1) is 21.5. The number of anilines is 1. The molecule has 3 aliphatic heterocycles.